The molecule has 2 heterocycles. The number of halogens is 1. The predicted octanol–water partition coefficient (Wildman–Crippen LogP) is 2.89. The van der Waals surface area contributed by atoms with Crippen LogP contribution < -0.4 is 4.90 Å². The largest absolute Gasteiger partial charge is 0.444 e. The SMILES string of the molecule is Cc1c(Cl)ncnc1N1CCCN(C(=O)OC(C)(C)C)CC1. The van der Waals surface area contributed by atoms with Gasteiger partial charge in [0.2, 0.25) is 0 Å². The fourth-order valence-electron chi connectivity index (χ4n) is 2.38. The zero-order valence-electron chi connectivity index (χ0n) is 13.6. The average Bonchev–Trinajstić information content (AvgIpc) is 2.66. The summed E-state index contributed by atoms with van der Waals surface area (Å²) in [5.74, 6) is 0.839. The summed E-state index contributed by atoms with van der Waals surface area (Å²) in [6.07, 6.45) is 2.08. The number of ether oxygens (including phenoxy) is 1. The number of amides is 1. The van der Waals surface area contributed by atoms with Gasteiger partial charge in [0, 0.05) is 31.7 Å². The Morgan fingerprint density at radius 3 is 2.64 bits per heavy atom. The molecule has 1 saturated heterocycles. The first-order valence-electron chi connectivity index (χ1n) is 7.48. The molecule has 2 rings (SSSR count). The fraction of sp³-hybridized carbons (Fsp3) is 0.667. The van der Waals surface area contributed by atoms with Crippen molar-refractivity contribution in [2.45, 2.75) is 39.7 Å². The second-order valence-electron chi connectivity index (χ2n) is 6.42. The van der Waals surface area contributed by atoms with Crippen molar-refractivity contribution < 1.29 is 9.53 Å². The van der Waals surface area contributed by atoms with Gasteiger partial charge in [0.1, 0.15) is 22.9 Å². The van der Waals surface area contributed by atoms with Crippen LogP contribution in [-0.2, 0) is 4.74 Å². The summed E-state index contributed by atoms with van der Waals surface area (Å²) in [5, 5.41) is 0.471. The zero-order valence-corrected chi connectivity index (χ0v) is 14.4. The van der Waals surface area contributed by atoms with Crippen molar-refractivity contribution in [1.82, 2.24) is 14.9 Å². The van der Waals surface area contributed by atoms with Gasteiger partial charge in [-0.05, 0) is 34.1 Å². The maximum Gasteiger partial charge on any atom is 0.410 e. The Bertz CT molecular complexity index is 545. The summed E-state index contributed by atoms with van der Waals surface area (Å²) in [4.78, 5) is 24.4. The molecule has 0 spiro atoms. The maximum absolute atomic E-state index is 12.2. The van der Waals surface area contributed by atoms with Crippen LogP contribution >= 0.6 is 11.6 Å². The smallest absolute Gasteiger partial charge is 0.410 e. The Morgan fingerprint density at radius 2 is 1.95 bits per heavy atom. The molecule has 7 heteroatoms. The molecule has 0 bridgehead atoms. The molecule has 22 heavy (non-hydrogen) atoms. The quantitative estimate of drug-likeness (QED) is 0.743. The van der Waals surface area contributed by atoms with Crippen LogP contribution in [0.1, 0.15) is 32.8 Å². The Morgan fingerprint density at radius 1 is 1.23 bits per heavy atom. The summed E-state index contributed by atoms with van der Waals surface area (Å²) in [6.45, 7) is 10.4. The second-order valence-corrected chi connectivity index (χ2v) is 6.78. The summed E-state index contributed by atoms with van der Waals surface area (Å²) in [5.41, 5.74) is 0.398. The van der Waals surface area contributed by atoms with E-state index in [0.29, 0.717) is 24.8 Å². The molecule has 0 radical (unpaired) electrons. The molecule has 0 saturated carbocycles. The van der Waals surface area contributed by atoms with Gasteiger partial charge in [-0.3, -0.25) is 0 Å². The topological polar surface area (TPSA) is 58.6 Å². The first kappa shape index (κ1) is 16.8. The van der Waals surface area contributed by atoms with E-state index in [-0.39, 0.29) is 6.09 Å². The summed E-state index contributed by atoms with van der Waals surface area (Å²) in [7, 11) is 0. The first-order valence-corrected chi connectivity index (χ1v) is 7.86. The molecule has 0 aromatic carbocycles. The molecule has 122 valence electrons. The molecule has 1 aromatic rings. The van der Waals surface area contributed by atoms with E-state index in [9.17, 15) is 4.79 Å². The zero-order chi connectivity index (χ0) is 16.3. The first-order chi connectivity index (χ1) is 10.3. The van der Waals surface area contributed by atoms with Crippen LogP contribution in [0.5, 0.6) is 0 Å². The molecule has 6 nitrogen and oxygen atoms in total. The normalized spacial score (nSPS) is 16.4. The van der Waals surface area contributed by atoms with E-state index in [0.717, 1.165) is 24.3 Å². The van der Waals surface area contributed by atoms with Crippen LogP contribution in [0.15, 0.2) is 6.33 Å². The minimum Gasteiger partial charge on any atom is -0.444 e. The van der Waals surface area contributed by atoms with Gasteiger partial charge >= 0.3 is 6.09 Å². The van der Waals surface area contributed by atoms with E-state index in [1.165, 1.54) is 6.33 Å². The van der Waals surface area contributed by atoms with Gasteiger partial charge in [0.15, 0.2) is 0 Å². The molecule has 1 amide bonds. The van der Waals surface area contributed by atoms with Crippen molar-refractivity contribution in [2.24, 2.45) is 0 Å². The van der Waals surface area contributed by atoms with Crippen molar-refractivity contribution >= 4 is 23.5 Å². The third kappa shape index (κ3) is 4.22. The third-order valence-electron chi connectivity index (χ3n) is 3.44. The lowest BCUT2D eigenvalue weighted by Crippen LogP contribution is -2.39. The van der Waals surface area contributed by atoms with Gasteiger partial charge < -0.3 is 14.5 Å². The Hall–Kier alpha value is -1.56. The number of rotatable bonds is 1. The Kier molecular flexibility index (Phi) is 5.11. The number of nitrogens with zero attached hydrogens (tertiary/aromatic N) is 4. The van der Waals surface area contributed by atoms with E-state index in [4.69, 9.17) is 16.3 Å². The van der Waals surface area contributed by atoms with Crippen LogP contribution in [0.25, 0.3) is 0 Å². The molecular formula is C15H23ClN4O2. The minimum absolute atomic E-state index is 0.258. The van der Waals surface area contributed by atoms with Gasteiger partial charge in [-0.1, -0.05) is 11.6 Å². The summed E-state index contributed by atoms with van der Waals surface area (Å²) < 4.78 is 5.44. The highest BCUT2D eigenvalue weighted by Gasteiger charge is 2.25. The molecule has 0 aliphatic carbocycles. The monoisotopic (exact) mass is 326 g/mol. The molecule has 0 N–H and O–H groups in total. The number of hydrogen-bond donors (Lipinski definition) is 0. The van der Waals surface area contributed by atoms with Gasteiger partial charge in [-0.2, -0.15) is 0 Å². The number of hydrogen-bond acceptors (Lipinski definition) is 5. The van der Waals surface area contributed by atoms with E-state index >= 15 is 0 Å². The lowest BCUT2D eigenvalue weighted by molar-refractivity contribution is 0.0263. The van der Waals surface area contributed by atoms with Crippen LogP contribution in [0.2, 0.25) is 5.15 Å². The van der Waals surface area contributed by atoms with E-state index in [2.05, 4.69) is 14.9 Å². The van der Waals surface area contributed by atoms with Gasteiger partial charge in [-0.15, -0.1) is 0 Å². The number of anilines is 1. The van der Waals surface area contributed by atoms with Crippen molar-refractivity contribution in [2.75, 3.05) is 31.1 Å². The Balaban J connectivity index is 2.04. The van der Waals surface area contributed by atoms with Crippen molar-refractivity contribution in [1.29, 1.82) is 0 Å². The lowest BCUT2D eigenvalue weighted by atomic mass is 10.2. The standard InChI is InChI=1S/C15H23ClN4O2/c1-11-12(16)17-10-18-13(11)19-6-5-7-20(9-8-19)14(21)22-15(2,3)4/h10H,5-9H2,1-4H3. The highest BCUT2D eigenvalue weighted by atomic mass is 35.5. The highest BCUT2D eigenvalue weighted by Crippen LogP contribution is 2.23. The average molecular weight is 327 g/mol. The number of aromatic nitrogens is 2. The third-order valence-corrected chi connectivity index (χ3v) is 3.82. The van der Waals surface area contributed by atoms with Crippen molar-refractivity contribution in [3.8, 4) is 0 Å². The molecule has 1 aromatic heterocycles. The fourth-order valence-corrected chi connectivity index (χ4v) is 2.51. The molecule has 1 fully saturated rings. The highest BCUT2D eigenvalue weighted by molar-refractivity contribution is 6.30. The van der Waals surface area contributed by atoms with Crippen LogP contribution in [-0.4, -0.2) is 52.7 Å². The van der Waals surface area contributed by atoms with Crippen molar-refractivity contribution in [3.63, 3.8) is 0 Å². The van der Waals surface area contributed by atoms with Crippen LogP contribution in [0.4, 0.5) is 10.6 Å². The van der Waals surface area contributed by atoms with Gasteiger partial charge in [0.25, 0.3) is 0 Å². The van der Waals surface area contributed by atoms with E-state index in [1.54, 1.807) is 4.90 Å². The van der Waals surface area contributed by atoms with Crippen molar-refractivity contribution in [3.05, 3.63) is 17.0 Å². The van der Waals surface area contributed by atoms with Crippen LogP contribution in [0.3, 0.4) is 0 Å². The molecule has 0 unspecified atom stereocenters. The second kappa shape index (κ2) is 6.69. The molecule has 1 aliphatic heterocycles. The number of carbonyl (C=O) groups excluding carboxylic acids is 1. The van der Waals surface area contributed by atoms with Gasteiger partial charge in [-0.25, -0.2) is 14.8 Å². The number of carbonyl (C=O) groups is 1. The molecular weight excluding hydrogens is 304 g/mol. The molecule has 0 atom stereocenters. The van der Waals surface area contributed by atoms with E-state index in [1.807, 2.05) is 27.7 Å². The summed E-state index contributed by atoms with van der Waals surface area (Å²) >= 11 is 6.06. The van der Waals surface area contributed by atoms with Crippen LogP contribution in [0, 0.1) is 6.92 Å². The molecule has 1 aliphatic rings. The van der Waals surface area contributed by atoms with E-state index < -0.39 is 5.60 Å². The Labute approximate surface area is 136 Å². The maximum atomic E-state index is 12.2. The van der Waals surface area contributed by atoms with Gasteiger partial charge in [0.05, 0.1) is 0 Å². The minimum atomic E-state index is -0.472. The predicted molar refractivity (Wildman–Crippen MR) is 86.4 cm³/mol. The lowest BCUT2D eigenvalue weighted by Gasteiger charge is -2.27. The summed E-state index contributed by atoms with van der Waals surface area (Å²) in [6, 6.07) is 0.